The monoisotopic (exact) mass is 385 g/mol. The van der Waals surface area contributed by atoms with Gasteiger partial charge in [0.2, 0.25) is 0 Å². The number of benzene rings is 2. The van der Waals surface area contributed by atoms with Gasteiger partial charge in [0.15, 0.2) is 0 Å². The molecule has 0 aliphatic rings. The number of methoxy groups -OCH3 is 1. The first kappa shape index (κ1) is 21.0. The lowest BCUT2D eigenvalue weighted by atomic mass is 10.1. The molecule has 0 spiro atoms. The molecule has 0 bridgehead atoms. The summed E-state index contributed by atoms with van der Waals surface area (Å²) in [6.07, 6.45) is -2.18. The van der Waals surface area contributed by atoms with Crippen LogP contribution in [0.2, 0.25) is 0 Å². The van der Waals surface area contributed by atoms with E-state index in [0.717, 1.165) is 0 Å². The third kappa shape index (κ3) is 5.84. The van der Waals surface area contributed by atoms with Crippen LogP contribution in [-0.4, -0.2) is 31.2 Å². The number of amides is 1. The first-order chi connectivity index (χ1) is 13.4. The summed E-state index contributed by atoms with van der Waals surface area (Å²) in [4.78, 5) is 36.6. The first-order valence-corrected chi connectivity index (χ1v) is 8.78. The second-order valence-corrected chi connectivity index (χ2v) is 6.31. The number of hydrogen-bond acceptors (Lipinski definition) is 6. The maximum Gasteiger partial charge on any atom is 0.411 e. The summed E-state index contributed by atoms with van der Waals surface area (Å²) >= 11 is 0. The van der Waals surface area contributed by atoms with Gasteiger partial charge in [0.25, 0.3) is 6.29 Å². The molecule has 1 amide bonds. The number of carbonyl (C=O) groups is 3. The van der Waals surface area contributed by atoms with Crippen molar-refractivity contribution in [1.82, 2.24) is 5.32 Å². The van der Waals surface area contributed by atoms with E-state index in [4.69, 9.17) is 14.2 Å². The van der Waals surface area contributed by atoms with Gasteiger partial charge in [-0.25, -0.2) is 14.4 Å². The lowest BCUT2D eigenvalue weighted by Gasteiger charge is -2.23. The van der Waals surface area contributed by atoms with E-state index in [1.54, 1.807) is 74.5 Å². The molecular weight excluding hydrogens is 362 g/mol. The topological polar surface area (TPSA) is 90.9 Å². The molecule has 7 heteroatoms. The van der Waals surface area contributed by atoms with Crippen LogP contribution in [0.15, 0.2) is 60.7 Å². The maximum atomic E-state index is 12.4. The summed E-state index contributed by atoms with van der Waals surface area (Å²) in [7, 11) is 1.24. The summed E-state index contributed by atoms with van der Waals surface area (Å²) < 4.78 is 15.4. The molecule has 1 N–H and O–H groups in total. The Kier molecular flexibility index (Phi) is 7.56. The molecule has 28 heavy (non-hydrogen) atoms. The van der Waals surface area contributed by atoms with E-state index in [0.29, 0.717) is 11.1 Å². The largest absolute Gasteiger partial charge is 0.467 e. The van der Waals surface area contributed by atoms with E-state index < -0.39 is 30.4 Å². The molecule has 0 heterocycles. The molecule has 0 saturated heterocycles. The molecule has 0 aliphatic carbocycles. The molecule has 2 aromatic rings. The fourth-order valence-corrected chi connectivity index (χ4v) is 2.39. The van der Waals surface area contributed by atoms with Gasteiger partial charge in [-0.3, -0.25) is 0 Å². The summed E-state index contributed by atoms with van der Waals surface area (Å²) in [6, 6.07) is 16.0. The second-order valence-electron chi connectivity index (χ2n) is 6.31. The van der Waals surface area contributed by atoms with Crippen molar-refractivity contribution < 1.29 is 28.6 Å². The van der Waals surface area contributed by atoms with Gasteiger partial charge in [0.05, 0.1) is 12.7 Å². The van der Waals surface area contributed by atoms with Crippen LogP contribution in [0.3, 0.4) is 0 Å². The highest BCUT2D eigenvalue weighted by molar-refractivity contribution is 5.89. The van der Waals surface area contributed by atoms with Gasteiger partial charge in [-0.2, -0.15) is 0 Å². The Balaban J connectivity index is 2.15. The van der Waals surface area contributed by atoms with E-state index in [1.165, 1.54) is 7.11 Å². The third-order valence-electron chi connectivity index (χ3n) is 3.90. The van der Waals surface area contributed by atoms with Crippen molar-refractivity contribution in [1.29, 1.82) is 0 Å². The number of esters is 2. The van der Waals surface area contributed by atoms with Crippen molar-refractivity contribution in [3.63, 3.8) is 0 Å². The minimum Gasteiger partial charge on any atom is -0.467 e. The summed E-state index contributed by atoms with van der Waals surface area (Å²) in [5, 5.41) is 2.45. The minimum absolute atomic E-state index is 0.220. The molecule has 0 aromatic heterocycles. The number of carbonyl (C=O) groups excluding carboxylic acids is 3. The Morgan fingerprint density at radius 3 is 1.96 bits per heavy atom. The van der Waals surface area contributed by atoms with Crippen molar-refractivity contribution in [2.24, 2.45) is 5.92 Å². The molecule has 7 nitrogen and oxygen atoms in total. The van der Waals surface area contributed by atoms with E-state index in [-0.39, 0.29) is 5.92 Å². The van der Waals surface area contributed by atoms with Crippen LogP contribution in [0.5, 0.6) is 0 Å². The average Bonchev–Trinajstić information content (AvgIpc) is 2.72. The van der Waals surface area contributed by atoms with Crippen LogP contribution in [0.25, 0.3) is 0 Å². The van der Waals surface area contributed by atoms with E-state index in [2.05, 4.69) is 5.32 Å². The smallest absolute Gasteiger partial charge is 0.411 e. The number of hydrogen-bond donors (Lipinski definition) is 1. The molecule has 2 rings (SSSR count). The number of nitrogens with one attached hydrogen (secondary N) is 1. The lowest BCUT2D eigenvalue weighted by molar-refractivity contribution is -0.144. The number of ether oxygens (including phenoxy) is 3. The summed E-state index contributed by atoms with van der Waals surface area (Å²) in [5.74, 6) is -1.46. The van der Waals surface area contributed by atoms with Gasteiger partial charge < -0.3 is 19.5 Å². The predicted octanol–water partition coefficient (Wildman–Crippen LogP) is 3.47. The molecule has 0 aliphatic heterocycles. The molecular formula is C21H23NO6. The molecule has 0 radical (unpaired) electrons. The zero-order chi connectivity index (χ0) is 20.5. The standard InChI is InChI=1S/C21H23NO6/c1-14(2)17(19(24)26-3)22-21(25)28-20(16-12-8-5-9-13-16)27-18(23)15-10-6-4-7-11-15/h4-14,17,20H,1-3H3,(H,22,25). The van der Waals surface area contributed by atoms with E-state index in [1.807, 2.05) is 0 Å². The van der Waals surface area contributed by atoms with Crippen LogP contribution in [0.1, 0.15) is 36.1 Å². The summed E-state index contributed by atoms with van der Waals surface area (Å²) in [6.45, 7) is 3.51. The molecule has 148 valence electrons. The SMILES string of the molecule is COC(=O)C(NC(=O)OC(OC(=O)c1ccccc1)c1ccccc1)C(C)C. The Labute approximate surface area is 163 Å². The lowest BCUT2D eigenvalue weighted by Crippen LogP contribution is -2.45. The van der Waals surface area contributed by atoms with Gasteiger partial charge in [-0.1, -0.05) is 62.4 Å². The van der Waals surface area contributed by atoms with Gasteiger partial charge in [0, 0.05) is 5.56 Å². The molecule has 0 saturated carbocycles. The van der Waals surface area contributed by atoms with Crippen LogP contribution < -0.4 is 5.32 Å². The fourth-order valence-electron chi connectivity index (χ4n) is 2.39. The zero-order valence-corrected chi connectivity index (χ0v) is 16.0. The molecule has 2 atom stereocenters. The predicted molar refractivity (Wildman–Crippen MR) is 101 cm³/mol. The Morgan fingerprint density at radius 2 is 1.43 bits per heavy atom. The van der Waals surface area contributed by atoms with Gasteiger partial charge in [-0.05, 0) is 18.1 Å². The van der Waals surface area contributed by atoms with E-state index >= 15 is 0 Å². The number of alkyl carbamates (subject to hydrolysis) is 1. The van der Waals surface area contributed by atoms with Gasteiger partial charge >= 0.3 is 18.0 Å². The van der Waals surface area contributed by atoms with Crippen molar-refractivity contribution in [2.45, 2.75) is 26.2 Å². The Bertz CT molecular complexity index is 791. The Morgan fingerprint density at radius 1 is 0.857 bits per heavy atom. The fraction of sp³-hybridized carbons (Fsp3) is 0.286. The molecule has 0 fully saturated rings. The second kappa shape index (κ2) is 10.1. The Hall–Kier alpha value is -3.35. The summed E-state index contributed by atoms with van der Waals surface area (Å²) in [5.41, 5.74) is 0.795. The van der Waals surface area contributed by atoms with E-state index in [9.17, 15) is 14.4 Å². The van der Waals surface area contributed by atoms with Crippen molar-refractivity contribution in [3.05, 3.63) is 71.8 Å². The van der Waals surface area contributed by atoms with Crippen LogP contribution in [-0.2, 0) is 19.0 Å². The molecule has 2 aromatic carbocycles. The van der Waals surface area contributed by atoms with Gasteiger partial charge in [0.1, 0.15) is 6.04 Å². The third-order valence-corrected chi connectivity index (χ3v) is 3.90. The van der Waals surface area contributed by atoms with Crippen LogP contribution in [0, 0.1) is 5.92 Å². The number of rotatable bonds is 7. The maximum absolute atomic E-state index is 12.4. The highest BCUT2D eigenvalue weighted by Crippen LogP contribution is 2.21. The van der Waals surface area contributed by atoms with Crippen molar-refractivity contribution in [2.75, 3.05) is 7.11 Å². The van der Waals surface area contributed by atoms with Crippen molar-refractivity contribution in [3.8, 4) is 0 Å². The van der Waals surface area contributed by atoms with Gasteiger partial charge in [-0.15, -0.1) is 0 Å². The first-order valence-electron chi connectivity index (χ1n) is 8.78. The quantitative estimate of drug-likeness (QED) is 0.580. The zero-order valence-electron chi connectivity index (χ0n) is 16.0. The minimum atomic E-state index is -1.28. The highest BCUT2D eigenvalue weighted by Gasteiger charge is 2.28. The average molecular weight is 385 g/mol. The van der Waals surface area contributed by atoms with Crippen LogP contribution >= 0.6 is 0 Å². The highest BCUT2D eigenvalue weighted by atomic mass is 16.7. The van der Waals surface area contributed by atoms with Crippen LogP contribution in [0.4, 0.5) is 4.79 Å². The van der Waals surface area contributed by atoms with Crippen molar-refractivity contribution >= 4 is 18.0 Å². The molecule has 2 unspecified atom stereocenters. The normalized spacial score (nSPS) is 12.6.